The Morgan fingerprint density at radius 1 is 1.07 bits per heavy atom. The van der Waals surface area contributed by atoms with Crippen LogP contribution in [0, 0.1) is 5.92 Å². The van der Waals surface area contributed by atoms with E-state index in [-0.39, 0.29) is 0 Å². The molecule has 0 unspecified atom stereocenters. The maximum atomic E-state index is 10.5. The van der Waals surface area contributed by atoms with E-state index < -0.39 is 10.8 Å². The van der Waals surface area contributed by atoms with Crippen molar-refractivity contribution in [3.8, 4) is 0 Å². The van der Waals surface area contributed by atoms with Crippen LogP contribution < -0.4 is 5.32 Å². The van der Waals surface area contributed by atoms with Crippen LogP contribution in [0.4, 0.5) is 0 Å². The number of hydrogen-bond donors (Lipinski definition) is 1. The molecule has 0 aromatic heterocycles. The molecule has 0 aromatic carbocycles. The van der Waals surface area contributed by atoms with Crippen molar-refractivity contribution >= 4 is 10.8 Å². The molecule has 0 aromatic rings. The third-order valence-electron chi connectivity index (χ3n) is 2.91. The molecule has 1 saturated carbocycles. The SMILES string of the molecule is CC1CCCCC1.O=S1CCNCC1. The Hall–Kier alpha value is 0.110. The van der Waals surface area contributed by atoms with Gasteiger partial charge in [-0.1, -0.05) is 39.0 Å². The molecule has 2 aliphatic rings. The predicted octanol–water partition coefficient (Wildman–Crippen LogP) is 1.92. The average Bonchev–Trinajstić information content (AvgIpc) is 2.21. The lowest BCUT2D eigenvalue weighted by molar-refractivity contribution is 0.385. The molecule has 0 atom stereocenters. The fraction of sp³-hybridized carbons (Fsp3) is 1.00. The van der Waals surface area contributed by atoms with E-state index in [0.29, 0.717) is 0 Å². The van der Waals surface area contributed by atoms with Crippen molar-refractivity contribution in [2.75, 3.05) is 24.6 Å². The van der Waals surface area contributed by atoms with Gasteiger partial charge in [0.2, 0.25) is 0 Å². The summed E-state index contributed by atoms with van der Waals surface area (Å²) in [5.41, 5.74) is 0. The number of rotatable bonds is 0. The van der Waals surface area contributed by atoms with Gasteiger partial charge in [-0.3, -0.25) is 4.21 Å². The number of hydrogen-bond acceptors (Lipinski definition) is 2. The van der Waals surface area contributed by atoms with Gasteiger partial charge in [0, 0.05) is 35.4 Å². The van der Waals surface area contributed by atoms with Gasteiger partial charge in [-0.25, -0.2) is 0 Å². The van der Waals surface area contributed by atoms with Crippen molar-refractivity contribution in [1.29, 1.82) is 0 Å². The van der Waals surface area contributed by atoms with Crippen LogP contribution in [0.5, 0.6) is 0 Å². The van der Waals surface area contributed by atoms with E-state index in [9.17, 15) is 4.21 Å². The maximum absolute atomic E-state index is 10.5. The first-order chi connectivity index (χ1) is 6.79. The van der Waals surface area contributed by atoms with E-state index in [2.05, 4.69) is 12.2 Å². The lowest BCUT2D eigenvalue weighted by atomic mass is 9.91. The predicted molar refractivity (Wildman–Crippen MR) is 63.0 cm³/mol. The fourth-order valence-electron chi connectivity index (χ4n) is 1.91. The second kappa shape index (κ2) is 7.41. The van der Waals surface area contributed by atoms with Crippen LogP contribution in [-0.4, -0.2) is 28.8 Å². The molecule has 3 heteroatoms. The zero-order chi connectivity index (χ0) is 10.2. The Kier molecular flexibility index (Phi) is 6.45. The summed E-state index contributed by atoms with van der Waals surface area (Å²) >= 11 is 0. The zero-order valence-corrected chi connectivity index (χ0v) is 10.1. The highest BCUT2D eigenvalue weighted by Crippen LogP contribution is 2.22. The van der Waals surface area contributed by atoms with Crippen molar-refractivity contribution < 1.29 is 4.21 Å². The molecule has 1 N–H and O–H groups in total. The highest BCUT2D eigenvalue weighted by Gasteiger charge is 2.06. The van der Waals surface area contributed by atoms with Gasteiger partial charge in [0.25, 0.3) is 0 Å². The normalized spacial score (nSPS) is 25.2. The van der Waals surface area contributed by atoms with Gasteiger partial charge < -0.3 is 5.32 Å². The zero-order valence-electron chi connectivity index (χ0n) is 9.26. The molecular weight excluding hydrogens is 194 g/mol. The monoisotopic (exact) mass is 217 g/mol. The average molecular weight is 217 g/mol. The van der Waals surface area contributed by atoms with E-state index >= 15 is 0 Å². The molecule has 84 valence electrons. The Bertz CT molecular complexity index is 159. The van der Waals surface area contributed by atoms with Gasteiger partial charge in [-0.2, -0.15) is 0 Å². The minimum Gasteiger partial charge on any atom is -0.315 e. The van der Waals surface area contributed by atoms with Crippen LogP contribution in [0.2, 0.25) is 0 Å². The molecule has 1 saturated heterocycles. The van der Waals surface area contributed by atoms with Crippen LogP contribution in [0.15, 0.2) is 0 Å². The summed E-state index contributed by atoms with van der Waals surface area (Å²) in [6.45, 7) is 4.23. The van der Waals surface area contributed by atoms with Gasteiger partial charge in [0.1, 0.15) is 0 Å². The van der Waals surface area contributed by atoms with Crippen molar-refractivity contribution in [3.63, 3.8) is 0 Å². The van der Waals surface area contributed by atoms with Crippen molar-refractivity contribution in [3.05, 3.63) is 0 Å². The van der Waals surface area contributed by atoms with Gasteiger partial charge in [-0.15, -0.1) is 0 Å². The summed E-state index contributed by atoms with van der Waals surface area (Å²) in [4.78, 5) is 0. The van der Waals surface area contributed by atoms with Gasteiger partial charge >= 0.3 is 0 Å². The van der Waals surface area contributed by atoms with E-state index in [0.717, 1.165) is 30.5 Å². The molecule has 0 amide bonds. The topological polar surface area (TPSA) is 29.1 Å². The van der Waals surface area contributed by atoms with E-state index in [4.69, 9.17) is 0 Å². The van der Waals surface area contributed by atoms with Crippen LogP contribution in [0.1, 0.15) is 39.0 Å². The summed E-state index contributed by atoms with van der Waals surface area (Å²) in [7, 11) is -0.503. The quantitative estimate of drug-likeness (QED) is 0.672. The van der Waals surface area contributed by atoms with Crippen molar-refractivity contribution in [2.45, 2.75) is 39.0 Å². The second-order valence-corrected chi connectivity index (χ2v) is 6.04. The molecule has 2 fully saturated rings. The molecule has 2 rings (SSSR count). The first-order valence-electron chi connectivity index (χ1n) is 5.84. The summed E-state index contributed by atoms with van der Waals surface area (Å²) in [6, 6.07) is 0. The summed E-state index contributed by atoms with van der Waals surface area (Å²) in [5, 5.41) is 3.12. The first kappa shape index (κ1) is 12.2. The molecule has 1 aliphatic heterocycles. The Morgan fingerprint density at radius 3 is 1.93 bits per heavy atom. The number of nitrogens with one attached hydrogen (secondary N) is 1. The largest absolute Gasteiger partial charge is 0.315 e. The van der Waals surface area contributed by atoms with Gasteiger partial charge in [0.15, 0.2) is 0 Å². The molecule has 0 bridgehead atoms. The van der Waals surface area contributed by atoms with Crippen molar-refractivity contribution in [1.82, 2.24) is 5.32 Å². The molecule has 1 aliphatic carbocycles. The standard InChI is InChI=1S/C7H14.C4H9NOS/c1-7-5-3-2-4-6-7;6-7-3-1-5-2-4-7/h7H,2-6H2,1H3;5H,1-4H2. The first-order valence-corrected chi connectivity index (χ1v) is 7.33. The third-order valence-corrected chi connectivity index (χ3v) is 4.23. The summed E-state index contributed by atoms with van der Waals surface area (Å²) in [5.74, 6) is 2.73. The maximum Gasteiger partial charge on any atom is 0.0360 e. The Balaban J connectivity index is 0.000000140. The molecule has 0 spiro atoms. The van der Waals surface area contributed by atoms with E-state index in [1.54, 1.807) is 0 Å². The van der Waals surface area contributed by atoms with Gasteiger partial charge in [-0.05, 0) is 5.92 Å². The molecular formula is C11H23NOS. The van der Waals surface area contributed by atoms with Crippen molar-refractivity contribution in [2.24, 2.45) is 5.92 Å². The fourth-order valence-corrected chi connectivity index (χ4v) is 2.85. The molecule has 0 radical (unpaired) electrons. The van der Waals surface area contributed by atoms with Crippen LogP contribution in [0.25, 0.3) is 0 Å². The third kappa shape index (κ3) is 5.76. The molecule has 14 heavy (non-hydrogen) atoms. The smallest absolute Gasteiger partial charge is 0.0360 e. The lowest BCUT2D eigenvalue weighted by Crippen LogP contribution is -2.32. The Morgan fingerprint density at radius 2 is 1.64 bits per heavy atom. The highest BCUT2D eigenvalue weighted by atomic mass is 32.2. The Labute approximate surface area is 90.3 Å². The van der Waals surface area contributed by atoms with Gasteiger partial charge in [0.05, 0.1) is 0 Å². The summed E-state index contributed by atoms with van der Waals surface area (Å²) in [6.07, 6.45) is 7.44. The molecule has 2 nitrogen and oxygen atoms in total. The van der Waals surface area contributed by atoms with E-state index in [1.807, 2.05) is 0 Å². The minimum atomic E-state index is -0.503. The van der Waals surface area contributed by atoms with Crippen LogP contribution in [0.3, 0.4) is 0 Å². The van der Waals surface area contributed by atoms with E-state index in [1.165, 1.54) is 32.1 Å². The van der Waals surface area contributed by atoms with Crippen LogP contribution in [-0.2, 0) is 10.8 Å². The van der Waals surface area contributed by atoms with Crippen LogP contribution >= 0.6 is 0 Å². The molecule has 1 heterocycles. The highest BCUT2D eigenvalue weighted by molar-refractivity contribution is 7.85. The summed E-state index contributed by atoms with van der Waals surface area (Å²) < 4.78 is 10.5. The minimum absolute atomic E-state index is 0.503. The lowest BCUT2D eigenvalue weighted by Gasteiger charge is -2.15. The second-order valence-electron chi connectivity index (χ2n) is 4.34.